The topological polar surface area (TPSA) is 76.4 Å². The third-order valence-electron chi connectivity index (χ3n) is 4.90. The molecule has 0 unspecified atom stereocenters. The molecule has 2 heterocycles. The Hall–Kier alpha value is -2.57. The minimum Gasteiger partial charge on any atom is -0.497 e. The molecule has 7 heteroatoms. The zero-order chi connectivity index (χ0) is 18.9. The molecule has 1 aromatic heterocycles. The molecule has 27 heavy (non-hydrogen) atoms. The Morgan fingerprint density at radius 1 is 1.15 bits per heavy atom. The molecule has 0 bridgehead atoms. The number of methoxy groups -OCH3 is 1. The maximum Gasteiger partial charge on any atom is 0.191 e. The zero-order valence-corrected chi connectivity index (χ0v) is 16.4. The largest absolute Gasteiger partial charge is 0.497 e. The summed E-state index contributed by atoms with van der Waals surface area (Å²) >= 11 is 0. The van der Waals surface area contributed by atoms with Crippen LogP contribution in [0.2, 0.25) is 0 Å². The summed E-state index contributed by atoms with van der Waals surface area (Å²) in [5.74, 6) is 3.96. The standard InChI is InChI=1S/C20H30N6O/c1-21-20(23-15-16-9-11-17(27-2)12-10-16)22-13-6-8-19-25-24-18-7-4-3-5-14-26(18)19/h9-12H,3-8,13-15H2,1-2H3,(H2,21,22,23). The molecular weight excluding hydrogens is 340 g/mol. The van der Waals surface area contributed by atoms with Crippen molar-refractivity contribution >= 4 is 5.96 Å². The Balaban J connectivity index is 1.40. The van der Waals surface area contributed by atoms with E-state index >= 15 is 0 Å². The lowest BCUT2D eigenvalue weighted by Crippen LogP contribution is -2.37. The van der Waals surface area contributed by atoms with Crippen LogP contribution in [0.15, 0.2) is 29.3 Å². The Morgan fingerprint density at radius 2 is 2.00 bits per heavy atom. The highest BCUT2D eigenvalue weighted by atomic mass is 16.5. The second-order valence-electron chi connectivity index (χ2n) is 6.80. The van der Waals surface area contributed by atoms with Crippen LogP contribution in [0.3, 0.4) is 0 Å². The van der Waals surface area contributed by atoms with Gasteiger partial charge in [-0.25, -0.2) is 0 Å². The van der Waals surface area contributed by atoms with Gasteiger partial charge in [-0.15, -0.1) is 10.2 Å². The average molecular weight is 371 g/mol. The number of aromatic nitrogens is 3. The van der Waals surface area contributed by atoms with Crippen molar-refractivity contribution in [3.63, 3.8) is 0 Å². The van der Waals surface area contributed by atoms with Gasteiger partial charge in [0.2, 0.25) is 0 Å². The van der Waals surface area contributed by atoms with E-state index in [2.05, 4.69) is 42.5 Å². The van der Waals surface area contributed by atoms with Gasteiger partial charge in [-0.2, -0.15) is 0 Å². The number of hydrogen-bond acceptors (Lipinski definition) is 4. The monoisotopic (exact) mass is 370 g/mol. The molecule has 146 valence electrons. The van der Waals surface area contributed by atoms with Gasteiger partial charge in [0.05, 0.1) is 7.11 Å². The van der Waals surface area contributed by atoms with Crippen LogP contribution in [-0.2, 0) is 25.9 Å². The number of ether oxygens (including phenoxy) is 1. The Labute approximate surface area is 161 Å². The molecule has 0 saturated heterocycles. The molecule has 0 radical (unpaired) electrons. The van der Waals surface area contributed by atoms with Gasteiger partial charge in [-0.05, 0) is 37.0 Å². The van der Waals surface area contributed by atoms with Crippen LogP contribution in [0.25, 0.3) is 0 Å². The molecule has 3 rings (SSSR count). The smallest absolute Gasteiger partial charge is 0.191 e. The van der Waals surface area contributed by atoms with E-state index < -0.39 is 0 Å². The number of benzene rings is 1. The van der Waals surface area contributed by atoms with Crippen molar-refractivity contribution in [2.75, 3.05) is 20.7 Å². The van der Waals surface area contributed by atoms with Crippen molar-refractivity contribution in [1.29, 1.82) is 0 Å². The fourth-order valence-electron chi connectivity index (χ4n) is 3.33. The van der Waals surface area contributed by atoms with Crippen molar-refractivity contribution in [1.82, 2.24) is 25.4 Å². The summed E-state index contributed by atoms with van der Waals surface area (Å²) in [5, 5.41) is 15.5. The van der Waals surface area contributed by atoms with E-state index in [4.69, 9.17) is 4.74 Å². The maximum atomic E-state index is 5.19. The van der Waals surface area contributed by atoms with Crippen LogP contribution in [0, 0.1) is 0 Å². The number of rotatable bonds is 7. The average Bonchev–Trinajstić information content (AvgIpc) is 2.94. The maximum absolute atomic E-state index is 5.19. The van der Waals surface area contributed by atoms with Crippen LogP contribution in [0.4, 0.5) is 0 Å². The number of aryl methyl sites for hydroxylation is 2. The Kier molecular flexibility index (Phi) is 7.07. The van der Waals surface area contributed by atoms with Gasteiger partial charge in [0.15, 0.2) is 5.96 Å². The Morgan fingerprint density at radius 3 is 2.78 bits per heavy atom. The molecule has 1 aromatic carbocycles. The number of fused-ring (bicyclic) bond motifs is 1. The second-order valence-corrected chi connectivity index (χ2v) is 6.80. The normalized spacial score (nSPS) is 14.4. The van der Waals surface area contributed by atoms with E-state index in [9.17, 15) is 0 Å². The SMILES string of the molecule is CN=C(NCCCc1nnc2n1CCCCC2)NCc1ccc(OC)cc1. The van der Waals surface area contributed by atoms with Gasteiger partial charge in [0.25, 0.3) is 0 Å². The summed E-state index contributed by atoms with van der Waals surface area (Å²) in [6, 6.07) is 8.04. The minimum absolute atomic E-state index is 0.724. The van der Waals surface area contributed by atoms with Crippen LogP contribution in [0.5, 0.6) is 5.75 Å². The zero-order valence-electron chi connectivity index (χ0n) is 16.4. The van der Waals surface area contributed by atoms with Gasteiger partial charge in [-0.3, -0.25) is 4.99 Å². The lowest BCUT2D eigenvalue weighted by molar-refractivity contribution is 0.414. The highest BCUT2D eigenvalue weighted by molar-refractivity contribution is 5.79. The van der Waals surface area contributed by atoms with Gasteiger partial charge in [0, 0.05) is 39.5 Å². The first-order valence-electron chi connectivity index (χ1n) is 9.78. The van der Waals surface area contributed by atoms with Crippen LogP contribution in [0.1, 0.15) is 42.9 Å². The second kappa shape index (κ2) is 9.94. The summed E-state index contributed by atoms with van der Waals surface area (Å²) in [4.78, 5) is 4.29. The molecule has 0 amide bonds. The van der Waals surface area contributed by atoms with Crippen LogP contribution >= 0.6 is 0 Å². The number of guanidine groups is 1. The lowest BCUT2D eigenvalue weighted by atomic mass is 10.2. The number of nitrogens with one attached hydrogen (secondary N) is 2. The molecule has 0 aliphatic carbocycles. The van der Waals surface area contributed by atoms with Crippen LogP contribution < -0.4 is 15.4 Å². The number of aliphatic imine (C=N–C) groups is 1. The highest BCUT2D eigenvalue weighted by Crippen LogP contribution is 2.15. The fourth-order valence-corrected chi connectivity index (χ4v) is 3.33. The van der Waals surface area contributed by atoms with Crippen LogP contribution in [-0.4, -0.2) is 41.4 Å². The van der Waals surface area contributed by atoms with E-state index in [0.29, 0.717) is 0 Å². The highest BCUT2D eigenvalue weighted by Gasteiger charge is 2.14. The summed E-state index contributed by atoms with van der Waals surface area (Å²) in [7, 11) is 3.47. The van der Waals surface area contributed by atoms with Gasteiger partial charge in [0.1, 0.15) is 17.4 Å². The summed E-state index contributed by atoms with van der Waals surface area (Å²) in [5.41, 5.74) is 1.19. The number of hydrogen-bond donors (Lipinski definition) is 2. The molecule has 7 nitrogen and oxygen atoms in total. The fraction of sp³-hybridized carbons (Fsp3) is 0.550. The molecule has 1 aliphatic heterocycles. The molecule has 0 fully saturated rings. The molecule has 2 N–H and O–H groups in total. The Bertz CT molecular complexity index is 737. The molecule has 0 spiro atoms. The van der Waals surface area contributed by atoms with Gasteiger partial charge < -0.3 is 19.9 Å². The number of nitrogens with zero attached hydrogens (tertiary/aromatic N) is 4. The lowest BCUT2D eigenvalue weighted by Gasteiger charge is -2.12. The van der Waals surface area contributed by atoms with Gasteiger partial charge >= 0.3 is 0 Å². The first-order valence-corrected chi connectivity index (χ1v) is 9.78. The van der Waals surface area contributed by atoms with Gasteiger partial charge in [-0.1, -0.05) is 18.6 Å². The van der Waals surface area contributed by atoms with Crippen molar-refractivity contribution < 1.29 is 4.74 Å². The van der Waals surface area contributed by atoms with Crippen molar-refractivity contribution in [3.8, 4) is 5.75 Å². The van der Waals surface area contributed by atoms with Crippen molar-refractivity contribution in [3.05, 3.63) is 41.5 Å². The predicted octanol–water partition coefficient (Wildman–Crippen LogP) is 2.31. The molecule has 0 saturated carbocycles. The third kappa shape index (κ3) is 5.45. The van der Waals surface area contributed by atoms with E-state index in [0.717, 1.165) is 62.3 Å². The van der Waals surface area contributed by atoms with E-state index in [1.165, 1.54) is 24.8 Å². The first-order chi connectivity index (χ1) is 13.3. The van der Waals surface area contributed by atoms with Crippen molar-refractivity contribution in [2.24, 2.45) is 4.99 Å². The molecule has 1 aliphatic rings. The third-order valence-corrected chi connectivity index (χ3v) is 4.90. The van der Waals surface area contributed by atoms with Crippen molar-refractivity contribution in [2.45, 2.75) is 51.6 Å². The summed E-state index contributed by atoms with van der Waals surface area (Å²) in [6.07, 6.45) is 6.76. The minimum atomic E-state index is 0.724. The van der Waals surface area contributed by atoms with E-state index in [1.807, 2.05) is 12.1 Å². The van der Waals surface area contributed by atoms with E-state index in [-0.39, 0.29) is 0 Å². The van der Waals surface area contributed by atoms with E-state index in [1.54, 1.807) is 14.2 Å². The molecular formula is C20H30N6O. The molecule has 0 atom stereocenters. The summed E-state index contributed by atoms with van der Waals surface area (Å²) in [6.45, 7) is 2.64. The summed E-state index contributed by atoms with van der Waals surface area (Å²) < 4.78 is 7.51. The predicted molar refractivity (Wildman–Crippen MR) is 107 cm³/mol. The molecule has 2 aromatic rings. The quantitative estimate of drug-likeness (QED) is 0.444. The first kappa shape index (κ1) is 19.2.